The van der Waals surface area contributed by atoms with Crippen LogP contribution in [0.15, 0.2) is 35.5 Å². The van der Waals surface area contributed by atoms with Gasteiger partial charge in [-0.15, -0.1) is 0 Å². The molecule has 0 aromatic carbocycles. The molecule has 2 fully saturated rings. The van der Waals surface area contributed by atoms with Gasteiger partial charge in [-0.05, 0) is 68.1 Å². The fraction of sp³-hybridized carbons (Fsp3) is 0.625. The Morgan fingerprint density at radius 1 is 1.28 bits per heavy atom. The molecule has 6 atom stereocenters. The van der Waals surface area contributed by atoms with E-state index in [1.807, 2.05) is 13.0 Å². The summed E-state index contributed by atoms with van der Waals surface area (Å²) < 4.78 is 4.91. The molecule has 0 spiro atoms. The van der Waals surface area contributed by atoms with E-state index in [9.17, 15) is 19.5 Å². The molecule has 1 N–H and O–H groups in total. The van der Waals surface area contributed by atoms with E-state index in [2.05, 4.69) is 19.9 Å². The Balaban J connectivity index is 1.70. The number of rotatable bonds is 3. The summed E-state index contributed by atoms with van der Waals surface area (Å²) in [6.45, 7) is 7.27. The Morgan fingerprint density at radius 3 is 2.69 bits per heavy atom. The fourth-order valence-corrected chi connectivity index (χ4v) is 6.68. The Bertz CT molecular complexity index is 880. The highest BCUT2D eigenvalue weighted by molar-refractivity contribution is 6.01. The van der Waals surface area contributed by atoms with Gasteiger partial charge in [0.1, 0.15) is 5.60 Å². The number of allylic oxidation sites excluding steroid dienone is 6. The standard InChI is InChI=1S/C24H30O5/c1-14-11-17-18(22(3)8-5-16(26)12-20(14)22)6-9-23(4)19(17)7-10-24(23,28)21(27)13-29-15(2)25/h5-6,8,12,14,17,19,28H,7,9-11,13H2,1-4H3/t14?,17-,19+,22-,23+,24+/m1/s1. The molecule has 2 saturated carbocycles. The van der Waals surface area contributed by atoms with Gasteiger partial charge in [-0.25, -0.2) is 0 Å². The van der Waals surface area contributed by atoms with Crippen molar-refractivity contribution in [2.24, 2.45) is 28.6 Å². The predicted octanol–water partition coefficient (Wildman–Crippen LogP) is 3.32. The number of ketones is 2. The Hall–Kier alpha value is -2.01. The van der Waals surface area contributed by atoms with Crippen molar-refractivity contribution in [3.05, 3.63) is 35.5 Å². The Labute approximate surface area is 171 Å². The average Bonchev–Trinajstić information content (AvgIpc) is 2.94. The number of hydrogen-bond donors (Lipinski definition) is 1. The lowest BCUT2D eigenvalue weighted by Gasteiger charge is -2.55. The van der Waals surface area contributed by atoms with E-state index >= 15 is 0 Å². The van der Waals surface area contributed by atoms with Crippen LogP contribution in [0.25, 0.3) is 0 Å². The first-order chi connectivity index (χ1) is 13.5. The maximum absolute atomic E-state index is 12.9. The normalized spacial score (nSPS) is 42.9. The molecule has 156 valence electrons. The number of aliphatic hydroxyl groups is 1. The predicted molar refractivity (Wildman–Crippen MR) is 108 cm³/mol. The van der Waals surface area contributed by atoms with Crippen LogP contribution >= 0.6 is 0 Å². The molecule has 0 aromatic heterocycles. The smallest absolute Gasteiger partial charge is 0.303 e. The molecule has 4 aliphatic carbocycles. The zero-order chi connectivity index (χ0) is 21.2. The van der Waals surface area contributed by atoms with Crippen molar-refractivity contribution in [3.63, 3.8) is 0 Å². The maximum Gasteiger partial charge on any atom is 0.303 e. The third-order valence-corrected chi connectivity index (χ3v) is 8.30. The molecule has 0 saturated heterocycles. The van der Waals surface area contributed by atoms with Crippen LogP contribution in [0, 0.1) is 28.6 Å². The third-order valence-electron chi connectivity index (χ3n) is 8.30. The molecule has 0 amide bonds. The van der Waals surface area contributed by atoms with Crippen molar-refractivity contribution in [1.82, 2.24) is 0 Å². The quantitative estimate of drug-likeness (QED) is 0.583. The van der Waals surface area contributed by atoms with Gasteiger partial charge in [-0.2, -0.15) is 0 Å². The SMILES string of the molecule is CC(=O)OCC(=O)[C@@]1(O)CC[C@H]2[C@@H]3CC(C)C4=CC(=O)C=C[C@]4(C)C3=CC[C@@]21C. The van der Waals surface area contributed by atoms with E-state index < -0.39 is 22.8 Å². The van der Waals surface area contributed by atoms with Crippen LogP contribution in [-0.2, 0) is 19.1 Å². The molecule has 4 rings (SSSR count). The van der Waals surface area contributed by atoms with Crippen molar-refractivity contribution in [3.8, 4) is 0 Å². The van der Waals surface area contributed by atoms with E-state index in [1.54, 1.807) is 12.2 Å². The van der Waals surface area contributed by atoms with Gasteiger partial charge in [0.15, 0.2) is 12.4 Å². The summed E-state index contributed by atoms with van der Waals surface area (Å²) in [5.74, 6) is -0.146. The van der Waals surface area contributed by atoms with Crippen molar-refractivity contribution >= 4 is 17.5 Å². The molecule has 29 heavy (non-hydrogen) atoms. The van der Waals surface area contributed by atoms with Crippen molar-refractivity contribution in [2.75, 3.05) is 6.61 Å². The summed E-state index contributed by atoms with van der Waals surface area (Å²) in [6, 6.07) is 0. The van der Waals surface area contributed by atoms with Crippen molar-refractivity contribution < 1.29 is 24.2 Å². The number of ether oxygens (including phenoxy) is 1. The second-order valence-electron chi connectivity index (χ2n) is 9.77. The zero-order valence-corrected chi connectivity index (χ0v) is 17.7. The summed E-state index contributed by atoms with van der Waals surface area (Å²) in [7, 11) is 0. The van der Waals surface area contributed by atoms with E-state index in [-0.39, 0.29) is 35.6 Å². The topological polar surface area (TPSA) is 80.7 Å². The lowest BCUT2D eigenvalue weighted by atomic mass is 9.49. The van der Waals surface area contributed by atoms with Crippen LogP contribution in [0.1, 0.15) is 53.4 Å². The minimum Gasteiger partial charge on any atom is -0.458 e. The van der Waals surface area contributed by atoms with Gasteiger partial charge in [0, 0.05) is 17.8 Å². The number of fused-ring (bicyclic) bond motifs is 5. The van der Waals surface area contributed by atoms with Crippen LogP contribution < -0.4 is 0 Å². The Morgan fingerprint density at radius 2 is 2.00 bits per heavy atom. The minimum atomic E-state index is -1.48. The molecular weight excluding hydrogens is 368 g/mol. The lowest BCUT2D eigenvalue weighted by Crippen LogP contribution is -2.56. The maximum atomic E-state index is 12.9. The number of Topliss-reactive ketones (excluding diaryl/α,β-unsaturated/α-hetero) is 1. The van der Waals surface area contributed by atoms with Crippen LogP contribution in [0.2, 0.25) is 0 Å². The lowest BCUT2D eigenvalue weighted by molar-refractivity contribution is -0.162. The largest absolute Gasteiger partial charge is 0.458 e. The third kappa shape index (κ3) is 2.73. The van der Waals surface area contributed by atoms with E-state index in [0.717, 1.165) is 12.8 Å². The summed E-state index contributed by atoms with van der Waals surface area (Å²) in [5.41, 5.74) is 0.178. The van der Waals surface area contributed by atoms with Crippen LogP contribution in [0.5, 0.6) is 0 Å². The second kappa shape index (κ2) is 6.49. The molecule has 5 heteroatoms. The Kier molecular flexibility index (Phi) is 4.54. The van der Waals surface area contributed by atoms with Gasteiger partial charge in [0.2, 0.25) is 5.78 Å². The fourth-order valence-electron chi connectivity index (χ4n) is 6.68. The first-order valence-electron chi connectivity index (χ1n) is 10.6. The van der Waals surface area contributed by atoms with Gasteiger partial charge in [0.05, 0.1) is 0 Å². The first-order valence-corrected chi connectivity index (χ1v) is 10.6. The number of esters is 1. The van der Waals surface area contributed by atoms with Gasteiger partial charge in [-0.1, -0.05) is 31.6 Å². The minimum absolute atomic E-state index is 0.0512. The summed E-state index contributed by atoms with van der Waals surface area (Å²) in [6.07, 6.45) is 10.4. The first kappa shape index (κ1) is 20.3. The highest BCUT2D eigenvalue weighted by Crippen LogP contribution is 2.65. The van der Waals surface area contributed by atoms with Crippen LogP contribution in [0.4, 0.5) is 0 Å². The second-order valence-corrected chi connectivity index (χ2v) is 9.77. The van der Waals surface area contributed by atoms with Gasteiger partial charge < -0.3 is 9.84 Å². The van der Waals surface area contributed by atoms with E-state index in [0.29, 0.717) is 12.8 Å². The van der Waals surface area contributed by atoms with Gasteiger partial charge >= 0.3 is 5.97 Å². The highest BCUT2D eigenvalue weighted by Gasteiger charge is 2.64. The number of carbonyl (C=O) groups is 3. The molecule has 0 heterocycles. The van der Waals surface area contributed by atoms with Crippen molar-refractivity contribution in [2.45, 2.75) is 59.0 Å². The summed E-state index contributed by atoms with van der Waals surface area (Å²) in [4.78, 5) is 36.0. The van der Waals surface area contributed by atoms with Gasteiger partial charge in [-0.3, -0.25) is 14.4 Å². The van der Waals surface area contributed by atoms with Crippen LogP contribution in [0.3, 0.4) is 0 Å². The highest BCUT2D eigenvalue weighted by atomic mass is 16.5. The molecule has 4 aliphatic rings. The van der Waals surface area contributed by atoms with E-state index in [1.165, 1.54) is 18.1 Å². The molecule has 5 nitrogen and oxygen atoms in total. The number of hydrogen-bond acceptors (Lipinski definition) is 5. The molecular formula is C24H30O5. The molecule has 0 bridgehead atoms. The van der Waals surface area contributed by atoms with E-state index in [4.69, 9.17) is 4.74 Å². The summed E-state index contributed by atoms with van der Waals surface area (Å²) >= 11 is 0. The van der Waals surface area contributed by atoms with Gasteiger partial charge in [0.25, 0.3) is 0 Å². The molecule has 0 radical (unpaired) electrons. The summed E-state index contributed by atoms with van der Waals surface area (Å²) in [5, 5.41) is 11.5. The number of carbonyl (C=O) groups excluding carboxylic acids is 3. The average molecular weight is 398 g/mol. The van der Waals surface area contributed by atoms with Crippen LogP contribution in [-0.4, -0.2) is 34.9 Å². The van der Waals surface area contributed by atoms with Crippen molar-refractivity contribution in [1.29, 1.82) is 0 Å². The molecule has 0 aromatic rings. The molecule has 0 aliphatic heterocycles. The molecule has 1 unspecified atom stereocenters. The zero-order valence-electron chi connectivity index (χ0n) is 17.7. The monoisotopic (exact) mass is 398 g/mol.